The van der Waals surface area contributed by atoms with Crippen LogP contribution in [0.15, 0.2) is 140 Å². The van der Waals surface area contributed by atoms with E-state index in [-0.39, 0.29) is 143 Å². The largest absolute Gasteiger partial charge is 0.481 e. The summed E-state index contributed by atoms with van der Waals surface area (Å²) in [6.07, 6.45) is 6.76. The number of methoxy groups -OCH3 is 3. The van der Waals surface area contributed by atoms with Gasteiger partial charge in [0, 0.05) is 119 Å². The first-order chi connectivity index (χ1) is 56.1. The van der Waals surface area contributed by atoms with Crippen molar-refractivity contribution in [2.24, 2.45) is 5.73 Å². The molecule has 26 heteroatoms. The Kier molecular flexibility index (Phi) is 34.1. The van der Waals surface area contributed by atoms with E-state index in [2.05, 4.69) is 30.9 Å². The van der Waals surface area contributed by atoms with E-state index in [9.17, 15) is 24.6 Å². The van der Waals surface area contributed by atoms with Gasteiger partial charge in [-0.15, -0.1) is 0 Å². The van der Waals surface area contributed by atoms with Crippen molar-refractivity contribution in [3.8, 4) is 40.0 Å². The molecule has 9 rings (SSSR count). The van der Waals surface area contributed by atoms with Crippen LogP contribution < -0.4 is 35.9 Å². The summed E-state index contributed by atoms with van der Waals surface area (Å²) in [5, 5.41) is 43.3. The van der Waals surface area contributed by atoms with Crippen LogP contribution in [-0.2, 0) is 25.9 Å². The molecule has 2 heterocycles. The number of pyridine rings is 1. The molecule has 117 heavy (non-hydrogen) atoms. The molecular weight excluding hydrogens is 1500 g/mol. The summed E-state index contributed by atoms with van der Waals surface area (Å²) >= 11 is 0. The fourth-order valence-electron chi connectivity index (χ4n) is 14.9. The predicted molar refractivity (Wildman–Crippen MR) is 446 cm³/mol. The molecule has 0 aliphatic rings. The Hall–Kier alpha value is -11.6. The van der Waals surface area contributed by atoms with Crippen molar-refractivity contribution >= 4 is 47.0 Å². The zero-order valence-corrected chi connectivity index (χ0v) is 68.7. The number of benzene rings is 7. The zero-order valence-electron chi connectivity index (χ0n) is 68.7. The highest BCUT2D eigenvalue weighted by molar-refractivity contribution is 6.11. The second-order valence-corrected chi connectivity index (χ2v) is 29.1. The molecule has 0 aliphatic carbocycles. The van der Waals surface area contributed by atoms with Crippen molar-refractivity contribution in [2.75, 3.05) is 79.0 Å². The number of hydrogen-bond acceptors (Lipinski definition) is 16. The minimum Gasteiger partial charge on any atom is -0.481 e. The number of aromatic nitrogens is 3. The predicted octanol–water partition coefficient (Wildman–Crippen LogP) is 17.0. The van der Waals surface area contributed by atoms with Crippen LogP contribution in [0.25, 0.3) is 22.3 Å². The number of anilines is 2. The van der Waals surface area contributed by atoms with E-state index >= 15 is 31.9 Å². The van der Waals surface area contributed by atoms with E-state index in [4.69, 9.17) is 25.1 Å². The number of amides is 3. The second-order valence-electron chi connectivity index (χ2n) is 29.1. The number of carboxylic acid groups (broad SMARTS) is 3. The van der Waals surface area contributed by atoms with Gasteiger partial charge in [0.2, 0.25) is 11.8 Å². The van der Waals surface area contributed by atoms with Gasteiger partial charge in [-0.3, -0.25) is 14.4 Å². The van der Waals surface area contributed by atoms with E-state index in [0.717, 1.165) is 64.9 Å². The smallest absolute Gasteiger partial charge is 0.337 e. The zero-order chi connectivity index (χ0) is 85.2. The quantitative estimate of drug-likeness (QED) is 0.0175. The van der Waals surface area contributed by atoms with Gasteiger partial charge in [-0.25, -0.2) is 41.9 Å². The number of nitrogens with two attached hydrogens (primary N) is 1. The van der Waals surface area contributed by atoms with Gasteiger partial charge < -0.3 is 65.9 Å². The number of aromatic carboxylic acids is 3. The molecule has 0 bridgehead atoms. The maximum absolute atomic E-state index is 16.5. The molecule has 8 N–H and O–H groups in total. The number of ether oxygens (including phenoxy) is 3. The third-order valence-electron chi connectivity index (χ3n) is 20.0. The van der Waals surface area contributed by atoms with Gasteiger partial charge in [-0.2, -0.15) is 4.98 Å². The number of hydrogen-bond donors (Lipinski definition) is 7. The molecule has 2 aromatic heterocycles. The second kappa shape index (κ2) is 43.9. The standard InChI is InChI=1S/C76H87F4N9O9.C15H21NO3/c1-10-24-88(25-11-2)72(90)59-28-45(5)29-60(74(92)93)70(59)86-69-46(6)65(62(63(81)36-50-34-57(79)38-58(80)35-50)43-83-40-48-16-14-18-51(30-48)53-22-23-64(96-7)84-42-53)67(75(94)95)66(68(69)73(91)89(26-12-3)27-13-4)54(21-20-47-32-55(77)37-56(78)33-47)41-82-39-49-17-15-19-52(31-49)61-44-85-76(98-9)87-71(61)97-8;1-4-6-16(7-5-2)14(17)12-8-11(3)9-13(10-12)15(18)19/h14-19,22-23,28-35,37-38,42,44,54,62-63,82-83,86H,10-13,20-21,24-27,36,39-41,43,81H2,1-9H3,(H,92,93)(H,94,95);8-10H,4-7H2,1-3H3,(H,18,19)/t54-,62?,63-;/m0./s1. The summed E-state index contributed by atoms with van der Waals surface area (Å²) in [6, 6.07) is 31.5. The number of carbonyl (C=O) groups is 6. The average Bonchev–Trinajstić information content (AvgIpc) is 0.729. The summed E-state index contributed by atoms with van der Waals surface area (Å²) < 4.78 is 77.5. The SMILES string of the molecule is CCCN(CCC)C(=O)c1cc(C)cc(C(=O)O)c1.CCCN(CCC)C(=O)c1cc(C)cc(C(=O)O)c1Nc1c(C)c(C(CNCc2cccc(-c3ccc(OC)nc3)c2)[C@@H](N)Cc2cc(F)cc(F)c2)c(C(=O)O)c([C@@H](CCc2cc(F)cc(F)c2)CNCc2cccc(-c3cnc(OC)nc3OC)c2)c1C(=O)N(CCC)CCC. The molecule has 0 radical (unpaired) electrons. The molecule has 9 aromatic rings. The number of carbonyl (C=O) groups excluding carboxylic acids is 3. The Morgan fingerprint density at radius 1 is 0.487 bits per heavy atom. The molecular formula is C91H108F4N10O12. The number of nitrogens with one attached hydrogen (secondary N) is 3. The highest BCUT2D eigenvalue weighted by atomic mass is 19.1. The van der Waals surface area contributed by atoms with E-state index in [0.29, 0.717) is 80.0 Å². The Labute approximate surface area is 682 Å². The van der Waals surface area contributed by atoms with Crippen LogP contribution in [0.1, 0.15) is 211 Å². The summed E-state index contributed by atoms with van der Waals surface area (Å²) in [4.78, 5) is 102. The minimum atomic E-state index is -1.50. The lowest BCUT2D eigenvalue weighted by Crippen LogP contribution is -2.40. The van der Waals surface area contributed by atoms with Gasteiger partial charge in [-0.1, -0.05) is 77.9 Å². The molecule has 7 aromatic carbocycles. The minimum absolute atomic E-state index is 0.0328. The number of carboxylic acids is 3. The van der Waals surface area contributed by atoms with Gasteiger partial charge in [0.05, 0.1) is 66.1 Å². The molecule has 0 saturated heterocycles. The molecule has 622 valence electrons. The Balaban J connectivity index is 0.000000788. The van der Waals surface area contributed by atoms with Crippen LogP contribution >= 0.6 is 0 Å². The average molecular weight is 1610 g/mol. The number of rotatable bonds is 41. The summed E-state index contributed by atoms with van der Waals surface area (Å²) in [6.45, 7) is 19.2. The topological polar surface area (TPSA) is 301 Å². The number of halogens is 4. The molecule has 0 fully saturated rings. The van der Waals surface area contributed by atoms with E-state index in [1.807, 2.05) is 96.1 Å². The van der Waals surface area contributed by atoms with Gasteiger partial charge in [-0.05, 0) is 218 Å². The Morgan fingerprint density at radius 2 is 1.02 bits per heavy atom. The lowest BCUT2D eigenvalue weighted by molar-refractivity contribution is 0.0681. The monoisotopic (exact) mass is 1610 g/mol. The summed E-state index contributed by atoms with van der Waals surface area (Å²) in [7, 11) is 4.43. The van der Waals surface area contributed by atoms with Crippen molar-refractivity contribution < 1.29 is 75.9 Å². The summed E-state index contributed by atoms with van der Waals surface area (Å²) in [5.41, 5.74) is 13.2. The van der Waals surface area contributed by atoms with Crippen LogP contribution in [0.2, 0.25) is 0 Å². The first kappa shape index (κ1) is 90.9. The third kappa shape index (κ3) is 24.3. The fraction of sp³-hybridized carbons (Fsp3) is 0.374. The first-order valence-electron chi connectivity index (χ1n) is 39.6. The molecule has 0 aliphatic heterocycles. The van der Waals surface area contributed by atoms with E-state index < -0.39 is 70.9 Å². The van der Waals surface area contributed by atoms with Crippen LogP contribution in [-0.4, -0.2) is 160 Å². The van der Waals surface area contributed by atoms with Gasteiger partial charge in [0.25, 0.3) is 17.7 Å². The van der Waals surface area contributed by atoms with Crippen molar-refractivity contribution in [3.63, 3.8) is 0 Å². The van der Waals surface area contributed by atoms with Crippen molar-refractivity contribution in [1.29, 1.82) is 0 Å². The van der Waals surface area contributed by atoms with Crippen LogP contribution in [0.5, 0.6) is 17.8 Å². The lowest BCUT2D eigenvalue weighted by Gasteiger charge is -2.35. The Morgan fingerprint density at radius 3 is 1.55 bits per heavy atom. The molecule has 3 atom stereocenters. The number of aryl methyl sites for hydroxylation is 3. The maximum Gasteiger partial charge on any atom is 0.337 e. The molecule has 3 amide bonds. The van der Waals surface area contributed by atoms with Gasteiger partial charge in [0.15, 0.2) is 0 Å². The first-order valence-corrected chi connectivity index (χ1v) is 39.6. The van der Waals surface area contributed by atoms with Crippen molar-refractivity contribution in [1.82, 2.24) is 40.3 Å². The normalized spacial score (nSPS) is 11.9. The lowest BCUT2D eigenvalue weighted by atomic mass is 9.75. The molecule has 0 spiro atoms. The molecule has 22 nitrogen and oxygen atoms in total. The molecule has 0 saturated carbocycles. The third-order valence-corrected chi connectivity index (χ3v) is 20.0. The van der Waals surface area contributed by atoms with Crippen LogP contribution in [0.4, 0.5) is 28.9 Å². The Bertz CT molecular complexity index is 4890. The maximum atomic E-state index is 16.5. The fourth-order valence-corrected chi connectivity index (χ4v) is 14.9. The van der Waals surface area contributed by atoms with Gasteiger partial charge in [0.1, 0.15) is 23.3 Å². The summed E-state index contributed by atoms with van der Waals surface area (Å²) in [5.74, 6) is -10.1. The van der Waals surface area contributed by atoms with E-state index in [1.54, 1.807) is 72.1 Å². The molecule has 1 unspecified atom stereocenters. The van der Waals surface area contributed by atoms with Gasteiger partial charge >= 0.3 is 23.9 Å². The number of nitrogens with zero attached hydrogens (tertiary/aromatic N) is 6. The highest BCUT2D eigenvalue weighted by Crippen LogP contribution is 2.45. The highest BCUT2D eigenvalue weighted by Gasteiger charge is 2.40. The van der Waals surface area contributed by atoms with Crippen LogP contribution in [0.3, 0.4) is 0 Å². The van der Waals surface area contributed by atoms with Crippen molar-refractivity contribution in [2.45, 2.75) is 151 Å². The van der Waals surface area contributed by atoms with Crippen molar-refractivity contribution in [3.05, 3.63) is 247 Å². The van der Waals surface area contributed by atoms with Crippen LogP contribution in [0, 0.1) is 44.0 Å². The van der Waals surface area contributed by atoms with E-state index in [1.165, 1.54) is 45.6 Å².